The first kappa shape index (κ1) is 27.9. The van der Waals surface area contributed by atoms with Gasteiger partial charge >= 0.3 is 0 Å². The smallest absolute Gasteiger partial charge is 0.269 e. The molecule has 0 bridgehead atoms. The molecule has 40 heavy (non-hydrogen) atoms. The average Bonchev–Trinajstić information content (AvgIpc) is 3.21. The number of Topliss-reactive ketones (excluding diaryl/α,β-unsaturated/α-hetero) is 2. The van der Waals surface area contributed by atoms with Crippen LogP contribution in [0.1, 0.15) is 66.7 Å². The van der Waals surface area contributed by atoms with Gasteiger partial charge in [-0.15, -0.1) is 0 Å². The Morgan fingerprint density at radius 1 is 1.15 bits per heavy atom. The number of aromatic nitrogens is 2. The first-order chi connectivity index (χ1) is 19.0. The fourth-order valence-corrected chi connectivity index (χ4v) is 6.61. The Balaban J connectivity index is 1.60. The molecular formula is C30H31ClN4O5. The van der Waals surface area contributed by atoms with Gasteiger partial charge in [0.1, 0.15) is 5.78 Å². The summed E-state index contributed by atoms with van der Waals surface area (Å²) in [7, 11) is 0. The molecule has 10 heteroatoms. The van der Waals surface area contributed by atoms with Crippen molar-refractivity contribution in [1.29, 1.82) is 0 Å². The van der Waals surface area contributed by atoms with Crippen LogP contribution in [-0.2, 0) is 16.8 Å². The molecule has 0 amide bonds. The summed E-state index contributed by atoms with van der Waals surface area (Å²) in [5.41, 5.74) is 2.25. The number of aliphatic hydroxyl groups excluding tert-OH is 1. The lowest BCUT2D eigenvalue weighted by atomic mass is 9.55. The number of aliphatic imine (C=N–C) groups is 1. The van der Waals surface area contributed by atoms with E-state index in [2.05, 4.69) is 13.8 Å². The van der Waals surface area contributed by atoms with Crippen molar-refractivity contribution in [1.82, 2.24) is 9.78 Å². The molecule has 2 aliphatic rings. The number of hydrogen-bond donors (Lipinski definition) is 1. The fraction of sp³-hybridized carbons (Fsp3) is 0.400. The number of ketones is 2. The number of nitrogens with zero attached hydrogens (tertiary/aromatic N) is 4. The van der Waals surface area contributed by atoms with Crippen molar-refractivity contribution in [3.05, 3.63) is 86.1 Å². The van der Waals surface area contributed by atoms with Crippen molar-refractivity contribution >= 4 is 40.4 Å². The third-order valence-corrected chi connectivity index (χ3v) is 8.32. The maximum atomic E-state index is 13.8. The van der Waals surface area contributed by atoms with E-state index in [0.717, 1.165) is 16.8 Å². The van der Waals surface area contributed by atoms with Gasteiger partial charge in [0, 0.05) is 58.9 Å². The molecule has 1 aliphatic carbocycles. The Morgan fingerprint density at radius 3 is 2.45 bits per heavy atom. The Bertz CT molecular complexity index is 1520. The summed E-state index contributed by atoms with van der Waals surface area (Å²) in [5.74, 6) is -0.0374. The average molecular weight is 563 g/mol. The molecule has 1 N–H and O–H groups in total. The zero-order valence-electron chi connectivity index (χ0n) is 22.7. The summed E-state index contributed by atoms with van der Waals surface area (Å²) < 4.78 is 1.71. The largest absolute Gasteiger partial charge is 0.396 e. The molecule has 1 aliphatic heterocycles. The number of non-ortho nitro benzene ring substituents is 1. The van der Waals surface area contributed by atoms with E-state index in [-0.39, 0.29) is 42.2 Å². The molecule has 9 nitrogen and oxygen atoms in total. The van der Waals surface area contributed by atoms with Crippen LogP contribution in [-0.4, -0.2) is 43.7 Å². The number of hydrogen-bond acceptors (Lipinski definition) is 7. The van der Waals surface area contributed by atoms with Crippen LogP contribution in [0.2, 0.25) is 5.02 Å². The van der Waals surface area contributed by atoms with Crippen molar-refractivity contribution < 1.29 is 19.6 Å². The lowest BCUT2D eigenvalue weighted by Gasteiger charge is -2.48. The van der Waals surface area contributed by atoms with Gasteiger partial charge in [0.05, 0.1) is 23.1 Å². The monoisotopic (exact) mass is 562 g/mol. The van der Waals surface area contributed by atoms with Crippen LogP contribution in [0.4, 0.5) is 11.5 Å². The molecular weight excluding hydrogens is 532 g/mol. The molecule has 2 atom stereocenters. The predicted molar refractivity (Wildman–Crippen MR) is 152 cm³/mol. The van der Waals surface area contributed by atoms with Gasteiger partial charge in [-0.1, -0.05) is 37.6 Å². The number of aliphatic hydroxyl groups is 1. The van der Waals surface area contributed by atoms with E-state index >= 15 is 0 Å². The molecule has 1 fully saturated rings. The van der Waals surface area contributed by atoms with Crippen LogP contribution >= 0.6 is 11.6 Å². The highest BCUT2D eigenvalue weighted by Gasteiger charge is 2.56. The summed E-state index contributed by atoms with van der Waals surface area (Å²) >= 11 is 6.24. The highest BCUT2D eigenvalue weighted by molar-refractivity contribution is 6.30. The van der Waals surface area contributed by atoms with Crippen molar-refractivity contribution in [3.63, 3.8) is 0 Å². The second-order valence-electron chi connectivity index (χ2n) is 11.5. The second-order valence-corrected chi connectivity index (χ2v) is 11.9. The minimum absolute atomic E-state index is 0.0777. The Labute approximate surface area is 237 Å². The van der Waals surface area contributed by atoms with Crippen LogP contribution in [0, 0.1) is 28.4 Å². The van der Waals surface area contributed by atoms with E-state index < -0.39 is 16.3 Å². The summed E-state index contributed by atoms with van der Waals surface area (Å²) in [6, 6.07) is 12.9. The normalized spacial score (nSPS) is 21.4. The lowest BCUT2D eigenvalue weighted by molar-refractivity contribution is -0.384. The van der Waals surface area contributed by atoms with E-state index in [4.69, 9.17) is 21.7 Å². The third kappa shape index (κ3) is 4.77. The Morgan fingerprint density at radius 2 is 1.82 bits per heavy atom. The van der Waals surface area contributed by atoms with Gasteiger partial charge in [0.25, 0.3) is 5.69 Å². The number of carbonyl (C=O) groups is 2. The van der Waals surface area contributed by atoms with Gasteiger partial charge in [-0.25, -0.2) is 9.67 Å². The van der Waals surface area contributed by atoms with Gasteiger partial charge < -0.3 is 5.11 Å². The second kappa shape index (κ2) is 10.4. The molecule has 0 spiro atoms. The number of halogens is 1. The molecule has 3 aromatic rings. The van der Waals surface area contributed by atoms with Crippen molar-refractivity contribution in [2.75, 3.05) is 6.61 Å². The van der Waals surface area contributed by atoms with Crippen molar-refractivity contribution in [3.8, 4) is 0 Å². The summed E-state index contributed by atoms with van der Waals surface area (Å²) in [6.45, 7) is 6.07. The van der Waals surface area contributed by atoms with Crippen LogP contribution in [0.15, 0.2) is 53.5 Å². The molecule has 0 radical (unpaired) electrons. The number of benzene rings is 2. The molecule has 2 heterocycles. The van der Waals surface area contributed by atoms with Crippen LogP contribution in [0.25, 0.3) is 0 Å². The molecule has 1 saturated carbocycles. The molecule has 0 saturated heterocycles. The van der Waals surface area contributed by atoms with Gasteiger partial charge in [-0.05, 0) is 55.0 Å². The highest BCUT2D eigenvalue weighted by Crippen LogP contribution is 2.55. The molecule has 2 aromatic carbocycles. The Hall–Kier alpha value is -3.69. The zero-order chi connectivity index (χ0) is 28.8. The molecule has 1 aromatic heterocycles. The minimum Gasteiger partial charge on any atom is -0.396 e. The first-order valence-electron chi connectivity index (χ1n) is 13.3. The van der Waals surface area contributed by atoms with Crippen LogP contribution in [0.3, 0.4) is 0 Å². The third-order valence-electron chi connectivity index (χ3n) is 8.07. The van der Waals surface area contributed by atoms with Crippen molar-refractivity contribution in [2.45, 2.75) is 58.4 Å². The number of nitro benzene ring substituents is 1. The predicted octanol–water partition coefficient (Wildman–Crippen LogP) is 5.79. The van der Waals surface area contributed by atoms with E-state index in [1.807, 2.05) is 19.1 Å². The topological polar surface area (TPSA) is 128 Å². The maximum absolute atomic E-state index is 13.8. The van der Waals surface area contributed by atoms with Crippen LogP contribution in [0.5, 0.6) is 0 Å². The summed E-state index contributed by atoms with van der Waals surface area (Å²) in [6.07, 6.45) is 1.43. The molecule has 5 rings (SSSR count). The number of carbonyl (C=O) groups excluding carboxylic acids is 2. The number of nitro groups is 1. The van der Waals surface area contributed by atoms with Gasteiger partial charge in [0.15, 0.2) is 11.6 Å². The molecule has 208 valence electrons. The summed E-state index contributed by atoms with van der Waals surface area (Å²) in [4.78, 5) is 42.3. The maximum Gasteiger partial charge on any atom is 0.269 e. The van der Waals surface area contributed by atoms with Gasteiger partial charge in [-0.2, -0.15) is 5.10 Å². The van der Waals surface area contributed by atoms with Gasteiger partial charge in [-0.3, -0.25) is 19.7 Å². The molecule has 2 unspecified atom stereocenters. The Kier molecular flexibility index (Phi) is 7.22. The first-order valence-corrected chi connectivity index (χ1v) is 13.7. The van der Waals surface area contributed by atoms with E-state index in [1.165, 1.54) is 24.3 Å². The summed E-state index contributed by atoms with van der Waals surface area (Å²) in [5, 5.41) is 26.7. The lowest BCUT2D eigenvalue weighted by Crippen LogP contribution is -2.52. The number of aryl methyl sites for hydroxylation is 2. The van der Waals surface area contributed by atoms with E-state index in [1.54, 1.807) is 16.8 Å². The van der Waals surface area contributed by atoms with Crippen molar-refractivity contribution in [2.24, 2.45) is 16.3 Å². The minimum atomic E-state index is -0.885. The highest BCUT2D eigenvalue weighted by atomic mass is 35.5. The van der Waals surface area contributed by atoms with E-state index in [9.17, 15) is 24.8 Å². The van der Waals surface area contributed by atoms with Gasteiger partial charge in [0.2, 0.25) is 0 Å². The van der Waals surface area contributed by atoms with E-state index in [0.29, 0.717) is 41.4 Å². The number of rotatable bonds is 8. The quantitative estimate of drug-likeness (QED) is 0.210. The SMILES string of the molecule is Cc1nn(CCC(=O)c2ccc([N+](=O)[O-])cc2)c2c1C(CCO)(c1ccc(Cl)cc1)C1C(=O)CC(C)(C)CC1=N2. The zero-order valence-corrected chi connectivity index (χ0v) is 23.4. The number of fused-ring (bicyclic) bond motifs is 2. The van der Waals surface area contributed by atoms with Crippen LogP contribution < -0.4 is 0 Å². The standard InChI is InChI=1S/C30H31ClN4O5/c1-18-26-28(34(33-18)14-12-24(37)19-4-10-22(11-5-19)35(39)40)32-23-16-29(2,3)17-25(38)27(23)30(26,13-15-36)20-6-8-21(31)9-7-20/h4-11,27,36H,12-17H2,1-3H3. The fourth-order valence-electron chi connectivity index (χ4n) is 6.49.